The fourth-order valence-electron chi connectivity index (χ4n) is 2.79. The van der Waals surface area contributed by atoms with Gasteiger partial charge in [-0.25, -0.2) is 0 Å². The van der Waals surface area contributed by atoms with Gasteiger partial charge in [-0.05, 0) is 20.8 Å². The van der Waals surface area contributed by atoms with E-state index in [1.54, 1.807) is 0 Å². The summed E-state index contributed by atoms with van der Waals surface area (Å²) in [4.78, 5) is 0. The lowest BCUT2D eigenvalue weighted by Gasteiger charge is -2.19. The fourth-order valence-corrected chi connectivity index (χ4v) is 2.79. The van der Waals surface area contributed by atoms with Gasteiger partial charge < -0.3 is 62.6 Å². The topological polar surface area (TPSA) is 137 Å². The average molecular weight is 602 g/mol. The summed E-state index contributed by atoms with van der Waals surface area (Å²) in [7, 11) is 0. The molecular weight excluding hydrogens is 542 g/mol. The number of nitrogens with two attached hydrogens (primary N) is 1. The molecule has 0 amide bonds. The van der Waals surface area contributed by atoms with E-state index in [9.17, 15) is 0 Å². The standard InChI is InChI=1S/C28H59NO12/c1-28(2,3)41-27-26-40-25-24-39-23-22-38-21-20-37-19-18-36-17-16-35-15-14-34-13-12-33-11-10-32-9-8-31-7-6-30-5-4-29/h4-27,29H2,1-3H3. The third-order valence-electron chi connectivity index (χ3n) is 4.75. The van der Waals surface area contributed by atoms with Crippen LogP contribution in [0.15, 0.2) is 0 Å². The Bertz CT molecular complexity index is 485. The summed E-state index contributed by atoms with van der Waals surface area (Å²) in [6.45, 7) is 18.8. The Balaban J connectivity index is 3.04. The summed E-state index contributed by atoms with van der Waals surface area (Å²) in [5, 5.41) is 0. The molecule has 0 saturated carbocycles. The summed E-state index contributed by atoms with van der Waals surface area (Å²) < 4.78 is 65.2. The van der Waals surface area contributed by atoms with E-state index in [4.69, 9.17) is 62.6 Å². The lowest BCUT2D eigenvalue weighted by Crippen LogP contribution is -2.22. The minimum Gasteiger partial charge on any atom is -0.378 e. The molecule has 2 N–H and O–H groups in total. The van der Waals surface area contributed by atoms with E-state index in [1.165, 1.54) is 0 Å². The molecule has 0 aromatic heterocycles. The Labute approximate surface area is 247 Å². The maximum Gasteiger partial charge on any atom is 0.0707 e. The van der Waals surface area contributed by atoms with Crippen molar-refractivity contribution in [2.24, 2.45) is 5.73 Å². The van der Waals surface area contributed by atoms with E-state index in [-0.39, 0.29) is 5.60 Å². The largest absolute Gasteiger partial charge is 0.378 e. The second-order valence-corrected chi connectivity index (χ2v) is 9.49. The quantitative estimate of drug-likeness (QED) is 0.103. The molecule has 13 heteroatoms. The van der Waals surface area contributed by atoms with Crippen LogP contribution >= 0.6 is 0 Å². The van der Waals surface area contributed by atoms with Crippen LogP contribution in [0, 0.1) is 0 Å². The highest BCUT2D eigenvalue weighted by Crippen LogP contribution is 2.05. The zero-order chi connectivity index (χ0) is 30.0. The van der Waals surface area contributed by atoms with Crippen molar-refractivity contribution in [3.8, 4) is 0 Å². The number of ether oxygens (including phenoxy) is 12. The van der Waals surface area contributed by atoms with Gasteiger partial charge in [0.05, 0.1) is 158 Å². The summed E-state index contributed by atoms with van der Waals surface area (Å²) in [6.07, 6.45) is 0. The Kier molecular flexibility index (Phi) is 33.5. The Morgan fingerprint density at radius 3 is 0.634 bits per heavy atom. The maximum atomic E-state index is 5.57. The van der Waals surface area contributed by atoms with Crippen LogP contribution in [0.4, 0.5) is 0 Å². The fraction of sp³-hybridized carbons (Fsp3) is 1.00. The summed E-state index contributed by atoms with van der Waals surface area (Å²) in [5.41, 5.74) is 5.19. The van der Waals surface area contributed by atoms with Crippen molar-refractivity contribution in [1.29, 1.82) is 0 Å². The smallest absolute Gasteiger partial charge is 0.0707 e. The Morgan fingerprint density at radius 2 is 0.463 bits per heavy atom. The molecule has 0 bridgehead atoms. The summed E-state index contributed by atoms with van der Waals surface area (Å²) >= 11 is 0. The lowest BCUT2D eigenvalue weighted by molar-refractivity contribution is -0.0467. The van der Waals surface area contributed by atoms with Crippen LogP contribution in [0.5, 0.6) is 0 Å². The molecule has 0 rings (SSSR count). The first kappa shape index (κ1) is 40.5. The highest BCUT2D eigenvalue weighted by molar-refractivity contribution is 4.57. The second-order valence-electron chi connectivity index (χ2n) is 9.49. The van der Waals surface area contributed by atoms with Gasteiger partial charge in [-0.2, -0.15) is 0 Å². The van der Waals surface area contributed by atoms with Crippen LogP contribution in [0.3, 0.4) is 0 Å². The predicted octanol–water partition coefficient (Wildman–Crippen LogP) is 0.943. The monoisotopic (exact) mass is 601 g/mol. The molecule has 13 nitrogen and oxygen atoms in total. The third-order valence-corrected chi connectivity index (χ3v) is 4.75. The Morgan fingerprint density at radius 1 is 0.293 bits per heavy atom. The van der Waals surface area contributed by atoms with Crippen molar-refractivity contribution in [1.82, 2.24) is 0 Å². The molecule has 0 radical (unpaired) electrons. The molecule has 0 aromatic carbocycles. The van der Waals surface area contributed by atoms with Crippen molar-refractivity contribution >= 4 is 0 Å². The van der Waals surface area contributed by atoms with Crippen LogP contribution < -0.4 is 5.73 Å². The lowest BCUT2D eigenvalue weighted by atomic mass is 10.2. The molecule has 248 valence electrons. The highest BCUT2D eigenvalue weighted by Gasteiger charge is 2.08. The predicted molar refractivity (Wildman–Crippen MR) is 154 cm³/mol. The van der Waals surface area contributed by atoms with Gasteiger partial charge in [0.15, 0.2) is 0 Å². The average Bonchev–Trinajstić information content (AvgIpc) is 2.94. The van der Waals surface area contributed by atoms with Crippen molar-refractivity contribution in [3.05, 3.63) is 0 Å². The molecule has 0 atom stereocenters. The summed E-state index contributed by atoms with van der Waals surface area (Å²) in [5.74, 6) is 0. The van der Waals surface area contributed by atoms with Crippen LogP contribution in [0.1, 0.15) is 20.8 Å². The molecule has 0 heterocycles. The van der Waals surface area contributed by atoms with E-state index in [2.05, 4.69) is 0 Å². The van der Waals surface area contributed by atoms with Crippen molar-refractivity contribution in [3.63, 3.8) is 0 Å². The van der Waals surface area contributed by atoms with Gasteiger partial charge in [0.25, 0.3) is 0 Å². The SMILES string of the molecule is CC(C)(C)OCCOCCOCCOCCOCCOCCOCCOCCOCCOCCOCCOCCN. The number of hydrogen-bond donors (Lipinski definition) is 1. The van der Waals surface area contributed by atoms with E-state index < -0.39 is 0 Å². The molecule has 0 aliphatic heterocycles. The zero-order valence-corrected chi connectivity index (χ0v) is 25.9. The van der Waals surface area contributed by atoms with Gasteiger partial charge in [0.1, 0.15) is 0 Å². The molecular formula is C28H59NO12. The molecule has 0 aliphatic carbocycles. The van der Waals surface area contributed by atoms with Gasteiger partial charge in [-0.15, -0.1) is 0 Å². The van der Waals surface area contributed by atoms with Gasteiger partial charge in [0, 0.05) is 6.54 Å². The minimum absolute atomic E-state index is 0.132. The zero-order valence-electron chi connectivity index (χ0n) is 25.9. The molecule has 0 spiro atoms. The van der Waals surface area contributed by atoms with Gasteiger partial charge in [-0.1, -0.05) is 0 Å². The van der Waals surface area contributed by atoms with E-state index >= 15 is 0 Å². The first-order valence-electron chi connectivity index (χ1n) is 14.8. The van der Waals surface area contributed by atoms with Gasteiger partial charge in [-0.3, -0.25) is 0 Å². The number of rotatable bonds is 35. The van der Waals surface area contributed by atoms with Crippen LogP contribution in [0.2, 0.25) is 0 Å². The normalized spacial score (nSPS) is 12.0. The van der Waals surface area contributed by atoms with Crippen molar-refractivity contribution in [2.75, 3.05) is 159 Å². The van der Waals surface area contributed by atoms with Gasteiger partial charge in [0.2, 0.25) is 0 Å². The van der Waals surface area contributed by atoms with Crippen molar-refractivity contribution < 1.29 is 56.8 Å². The van der Waals surface area contributed by atoms with Crippen LogP contribution in [0.25, 0.3) is 0 Å². The molecule has 0 unspecified atom stereocenters. The molecule has 0 saturated heterocycles. The minimum atomic E-state index is -0.132. The van der Waals surface area contributed by atoms with E-state index in [0.29, 0.717) is 159 Å². The number of hydrogen-bond acceptors (Lipinski definition) is 13. The Hall–Kier alpha value is -0.520. The molecule has 0 fully saturated rings. The maximum absolute atomic E-state index is 5.57. The first-order chi connectivity index (χ1) is 20.1. The third kappa shape index (κ3) is 39.5. The molecule has 0 aromatic rings. The van der Waals surface area contributed by atoms with Crippen molar-refractivity contribution in [2.45, 2.75) is 26.4 Å². The second kappa shape index (κ2) is 34.0. The van der Waals surface area contributed by atoms with Crippen LogP contribution in [-0.2, 0) is 56.8 Å². The van der Waals surface area contributed by atoms with E-state index in [0.717, 1.165) is 0 Å². The first-order valence-corrected chi connectivity index (χ1v) is 14.8. The molecule has 0 aliphatic rings. The van der Waals surface area contributed by atoms with E-state index in [1.807, 2.05) is 20.8 Å². The van der Waals surface area contributed by atoms with Gasteiger partial charge >= 0.3 is 0 Å². The highest BCUT2D eigenvalue weighted by atomic mass is 16.6. The summed E-state index contributed by atoms with van der Waals surface area (Å²) in [6, 6.07) is 0. The molecule has 41 heavy (non-hydrogen) atoms. The van der Waals surface area contributed by atoms with Crippen LogP contribution in [-0.4, -0.2) is 164 Å².